The number of hydrogen-bond donors (Lipinski definition) is 1. The van der Waals surface area contributed by atoms with Crippen molar-refractivity contribution in [2.24, 2.45) is 10.3 Å². The lowest BCUT2D eigenvalue weighted by atomic mass is 10.0. The second-order valence-electron chi connectivity index (χ2n) is 4.21. The largest absolute Gasteiger partial charge is 0.247 e. The topological polar surface area (TPSA) is 89.6 Å². The fourth-order valence-corrected chi connectivity index (χ4v) is 3.36. The minimum absolute atomic E-state index is 0.0831. The third-order valence-corrected chi connectivity index (χ3v) is 5.12. The number of nitrogens with zero attached hydrogens (tertiary/aromatic N) is 1. The standard InChI is InChI=1S/C11H18N2O3S2/c1-2-3-4-5-6-10(13-14)9-7-11(17-8-9)18(12,15)16/h7-8,10H,2-6H2,1H3,(H2,12,15,16). The normalized spacial score (nSPS) is 13.4. The molecule has 0 aliphatic carbocycles. The van der Waals surface area contributed by atoms with Crippen molar-refractivity contribution in [2.45, 2.75) is 49.3 Å². The minimum Gasteiger partial charge on any atom is -0.224 e. The monoisotopic (exact) mass is 290 g/mol. The summed E-state index contributed by atoms with van der Waals surface area (Å²) in [4.78, 5) is 10.8. The van der Waals surface area contributed by atoms with Gasteiger partial charge in [-0.15, -0.1) is 11.3 Å². The van der Waals surface area contributed by atoms with Crippen LogP contribution in [0.15, 0.2) is 20.8 Å². The summed E-state index contributed by atoms with van der Waals surface area (Å²) >= 11 is 1.03. The summed E-state index contributed by atoms with van der Waals surface area (Å²) in [6.07, 6.45) is 4.91. The Hall–Kier alpha value is -0.790. The first kappa shape index (κ1) is 15.3. The van der Waals surface area contributed by atoms with E-state index in [2.05, 4.69) is 12.1 Å². The number of hydrogen-bond acceptors (Lipinski definition) is 5. The fraction of sp³-hybridized carbons (Fsp3) is 0.636. The van der Waals surface area contributed by atoms with E-state index in [9.17, 15) is 13.3 Å². The van der Waals surface area contributed by atoms with Crippen LogP contribution in [0.25, 0.3) is 0 Å². The molecule has 1 aromatic heterocycles. The van der Waals surface area contributed by atoms with E-state index in [0.717, 1.165) is 37.0 Å². The Kier molecular flexibility index (Phi) is 5.90. The molecule has 0 fully saturated rings. The lowest BCUT2D eigenvalue weighted by Crippen LogP contribution is -2.10. The summed E-state index contributed by atoms with van der Waals surface area (Å²) in [5.41, 5.74) is 0.649. The lowest BCUT2D eigenvalue weighted by molar-refractivity contribution is 0.565. The molecule has 1 aromatic rings. The molecular weight excluding hydrogens is 272 g/mol. The van der Waals surface area contributed by atoms with E-state index in [1.54, 1.807) is 5.38 Å². The molecule has 102 valence electrons. The Balaban J connectivity index is 2.65. The molecule has 7 heteroatoms. The Labute approximate surface area is 111 Å². The van der Waals surface area contributed by atoms with Crippen molar-refractivity contribution >= 4 is 21.4 Å². The van der Waals surface area contributed by atoms with Crippen LogP contribution in [0.4, 0.5) is 0 Å². The second kappa shape index (κ2) is 6.96. The van der Waals surface area contributed by atoms with Gasteiger partial charge in [0.05, 0.1) is 0 Å². The van der Waals surface area contributed by atoms with Crippen LogP contribution in [-0.4, -0.2) is 8.42 Å². The molecule has 2 N–H and O–H groups in total. The average Bonchev–Trinajstić information content (AvgIpc) is 2.78. The van der Waals surface area contributed by atoms with Crippen LogP contribution in [0.2, 0.25) is 0 Å². The molecule has 5 nitrogen and oxygen atoms in total. The summed E-state index contributed by atoms with van der Waals surface area (Å²) in [5, 5.41) is 9.74. The van der Waals surface area contributed by atoms with Gasteiger partial charge in [0.2, 0.25) is 10.0 Å². The third-order valence-electron chi connectivity index (χ3n) is 2.72. The third kappa shape index (κ3) is 4.47. The molecule has 0 spiro atoms. The maximum atomic E-state index is 11.1. The van der Waals surface area contributed by atoms with Crippen LogP contribution >= 0.6 is 11.3 Å². The van der Waals surface area contributed by atoms with Gasteiger partial charge in [-0.05, 0) is 23.4 Å². The zero-order valence-corrected chi connectivity index (χ0v) is 12.0. The fourth-order valence-electron chi connectivity index (χ4n) is 1.70. The Bertz CT molecular complexity index is 482. The summed E-state index contributed by atoms with van der Waals surface area (Å²) in [6, 6.07) is 0.986. The van der Waals surface area contributed by atoms with Crippen molar-refractivity contribution in [1.82, 2.24) is 0 Å². The maximum Gasteiger partial charge on any atom is 0.247 e. The van der Waals surface area contributed by atoms with Crippen LogP contribution in [0.5, 0.6) is 0 Å². The van der Waals surface area contributed by atoms with Crippen molar-refractivity contribution < 1.29 is 8.42 Å². The first-order valence-corrected chi connectivity index (χ1v) is 8.35. The molecule has 0 aliphatic heterocycles. The number of sulfonamides is 1. The summed E-state index contributed by atoms with van der Waals surface area (Å²) in [5.74, 6) is 0. The van der Waals surface area contributed by atoms with E-state index in [-0.39, 0.29) is 4.21 Å². The van der Waals surface area contributed by atoms with Crippen molar-refractivity contribution in [3.05, 3.63) is 21.9 Å². The van der Waals surface area contributed by atoms with E-state index in [0.29, 0.717) is 12.0 Å². The Morgan fingerprint density at radius 1 is 1.39 bits per heavy atom. The number of thiophene rings is 1. The Morgan fingerprint density at radius 2 is 2.11 bits per heavy atom. The zero-order valence-electron chi connectivity index (χ0n) is 10.3. The van der Waals surface area contributed by atoms with Crippen LogP contribution in [-0.2, 0) is 10.0 Å². The van der Waals surface area contributed by atoms with Gasteiger partial charge in [-0.3, -0.25) is 0 Å². The van der Waals surface area contributed by atoms with Crippen molar-refractivity contribution in [3.63, 3.8) is 0 Å². The van der Waals surface area contributed by atoms with Gasteiger partial charge < -0.3 is 0 Å². The first-order valence-electron chi connectivity index (χ1n) is 5.92. The van der Waals surface area contributed by atoms with E-state index in [1.807, 2.05) is 0 Å². The van der Waals surface area contributed by atoms with Gasteiger partial charge in [0.1, 0.15) is 10.3 Å². The van der Waals surface area contributed by atoms with Gasteiger partial charge in [-0.1, -0.05) is 37.8 Å². The van der Waals surface area contributed by atoms with Gasteiger partial charge in [0, 0.05) is 0 Å². The molecule has 1 atom stereocenters. The summed E-state index contributed by atoms with van der Waals surface area (Å²) < 4.78 is 22.4. The molecule has 0 saturated heterocycles. The average molecular weight is 290 g/mol. The molecule has 1 unspecified atom stereocenters. The van der Waals surface area contributed by atoms with E-state index in [1.165, 1.54) is 6.07 Å². The molecule has 0 amide bonds. The Morgan fingerprint density at radius 3 is 2.61 bits per heavy atom. The second-order valence-corrected chi connectivity index (χ2v) is 6.91. The number of unbranched alkanes of at least 4 members (excludes halogenated alkanes) is 3. The predicted molar refractivity (Wildman–Crippen MR) is 73.0 cm³/mol. The van der Waals surface area contributed by atoms with Crippen LogP contribution < -0.4 is 5.14 Å². The zero-order chi connectivity index (χ0) is 13.6. The van der Waals surface area contributed by atoms with Gasteiger partial charge in [0.15, 0.2) is 0 Å². The quantitative estimate of drug-likeness (QED) is 0.589. The lowest BCUT2D eigenvalue weighted by Gasteiger charge is -2.06. The SMILES string of the molecule is CCCCCCC(N=O)c1csc(S(N)(=O)=O)c1. The number of nitrogens with two attached hydrogens (primary N) is 1. The molecule has 0 bridgehead atoms. The molecule has 0 aliphatic rings. The molecule has 0 aromatic carbocycles. The molecular formula is C11H18N2O3S2. The molecule has 1 heterocycles. The highest BCUT2D eigenvalue weighted by atomic mass is 32.2. The maximum absolute atomic E-state index is 11.1. The summed E-state index contributed by atoms with van der Waals surface area (Å²) in [7, 11) is -3.68. The number of primary sulfonamides is 1. The predicted octanol–water partition coefficient (Wildman–Crippen LogP) is 3.17. The first-order chi connectivity index (χ1) is 8.49. The highest BCUT2D eigenvalue weighted by molar-refractivity contribution is 7.91. The van der Waals surface area contributed by atoms with Gasteiger partial charge >= 0.3 is 0 Å². The van der Waals surface area contributed by atoms with Gasteiger partial charge in [0.25, 0.3) is 0 Å². The number of nitroso groups, excluding NO2 is 1. The highest BCUT2D eigenvalue weighted by Gasteiger charge is 2.17. The van der Waals surface area contributed by atoms with Crippen LogP contribution in [0.3, 0.4) is 0 Å². The van der Waals surface area contributed by atoms with Crippen molar-refractivity contribution in [2.75, 3.05) is 0 Å². The van der Waals surface area contributed by atoms with E-state index < -0.39 is 16.1 Å². The van der Waals surface area contributed by atoms with E-state index in [4.69, 9.17) is 5.14 Å². The highest BCUT2D eigenvalue weighted by Crippen LogP contribution is 2.29. The van der Waals surface area contributed by atoms with Crippen molar-refractivity contribution in [1.29, 1.82) is 0 Å². The van der Waals surface area contributed by atoms with Gasteiger partial charge in [-0.25, -0.2) is 13.6 Å². The molecule has 0 radical (unpaired) electrons. The van der Waals surface area contributed by atoms with Crippen LogP contribution in [0.1, 0.15) is 50.6 Å². The number of rotatable bonds is 8. The smallest absolute Gasteiger partial charge is 0.224 e. The van der Waals surface area contributed by atoms with E-state index >= 15 is 0 Å². The van der Waals surface area contributed by atoms with Crippen LogP contribution in [0, 0.1) is 4.91 Å². The molecule has 1 rings (SSSR count). The summed E-state index contributed by atoms with van der Waals surface area (Å²) in [6.45, 7) is 2.12. The molecule has 18 heavy (non-hydrogen) atoms. The minimum atomic E-state index is -3.68. The van der Waals surface area contributed by atoms with Crippen molar-refractivity contribution in [3.8, 4) is 0 Å². The molecule has 0 saturated carbocycles. The van der Waals surface area contributed by atoms with Gasteiger partial charge in [-0.2, -0.15) is 4.91 Å².